The van der Waals surface area contributed by atoms with Crippen LogP contribution in [0.1, 0.15) is 16.9 Å². The van der Waals surface area contributed by atoms with Gasteiger partial charge in [-0.05, 0) is 18.6 Å². The van der Waals surface area contributed by atoms with Crippen molar-refractivity contribution in [1.82, 2.24) is 4.98 Å². The van der Waals surface area contributed by atoms with Crippen LogP contribution in [0.15, 0.2) is 23.2 Å². The summed E-state index contributed by atoms with van der Waals surface area (Å²) in [5.41, 5.74) is 0.0799. The lowest BCUT2D eigenvalue weighted by Crippen LogP contribution is -1.99. The molecule has 0 saturated heterocycles. The number of rotatable bonds is 6. The predicted molar refractivity (Wildman–Crippen MR) is 58.4 cm³/mol. The van der Waals surface area contributed by atoms with Crippen LogP contribution in [0.4, 0.5) is 0 Å². The molecular formula is C10H13NO3S. The third-order valence-electron chi connectivity index (χ3n) is 1.72. The number of carboxylic acid groups (broad SMARTS) is 1. The van der Waals surface area contributed by atoms with Crippen molar-refractivity contribution in [2.45, 2.75) is 11.3 Å². The first-order valence-corrected chi connectivity index (χ1v) is 5.53. The summed E-state index contributed by atoms with van der Waals surface area (Å²) in [6.07, 6.45) is 2.56. The van der Waals surface area contributed by atoms with Gasteiger partial charge >= 0.3 is 5.97 Å². The molecule has 1 rings (SSSR count). The van der Waals surface area contributed by atoms with Crippen molar-refractivity contribution in [2.24, 2.45) is 0 Å². The molecule has 0 atom stereocenters. The van der Waals surface area contributed by atoms with Crippen LogP contribution >= 0.6 is 11.8 Å². The van der Waals surface area contributed by atoms with Crippen molar-refractivity contribution >= 4 is 17.7 Å². The fourth-order valence-corrected chi connectivity index (χ4v) is 1.77. The zero-order chi connectivity index (χ0) is 11.1. The molecule has 0 bridgehead atoms. The number of thioether (sulfide) groups is 1. The van der Waals surface area contributed by atoms with Crippen LogP contribution in [0, 0.1) is 0 Å². The van der Waals surface area contributed by atoms with E-state index in [1.165, 1.54) is 6.07 Å². The van der Waals surface area contributed by atoms with Crippen LogP contribution in [0.3, 0.4) is 0 Å². The normalized spacial score (nSPS) is 10.2. The Morgan fingerprint density at radius 1 is 1.60 bits per heavy atom. The van der Waals surface area contributed by atoms with E-state index in [0.717, 1.165) is 23.7 Å². The van der Waals surface area contributed by atoms with Crippen molar-refractivity contribution in [2.75, 3.05) is 19.5 Å². The first kappa shape index (κ1) is 12.0. The smallest absolute Gasteiger partial charge is 0.354 e. The Morgan fingerprint density at radius 2 is 2.40 bits per heavy atom. The van der Waals surface area contributed by atoms with Crippen molar-refractivity contribution < 1.29 is 14.6 Å². The van der Waals surface area contributed by atoms with Crippen LogP contribution < -0.4 is 0 Å². The zero-order valence-corrected chi connectivity index (χ0v) is 9.29. The molecule has 82 valence electrons. The molecule has 1 aromatic rings. The summed E-state index contributed by atoms with van der Waals surface area (Å²) in [5.74, 6) is -0.0481. The molecule has 1 aromatic heterocycles. The average Bonchev–Trinajstić information content (AvgIpc) is 2.25. The Labute approximate surface area is 92.7 Å². The summed E-state index contributed by atoms with van der Waals surface area (Å²) in [5, 5.41) is 8.64. The van der Waals surface area contributed by atoms with Gasteiger partial charge in [0.2, 0.25) is 0 Å². The van der Waals surface area contributed by atoms with Crippen molar-refractivity contribution in [1.29, 1.82) is 0 Å². The SMILES string of the molecule is COCCCSc1ccc(C(=O)O)nc1. The monoisotopic (exact) mass is 227 g/mol. The number of aromatic nitrogens is 1. The Kier molecular flexibility index (Phi) is 5.14. The number of aromatic carboxylic acids is 1. The average molecular weight is 227 g/mol. The number of nitrogens with zero attached hydrogens (tertiary/aromatic N) is 1. The lowest BCUT2D eigenvalue weighted by atomic mass is 10.4. The van der Waals surface area contributed by atoms with Gasteiger partial charge in [0.05, 0.1) is 0 Å². The molecule has 0 amide bonds. The molecule has 0 aliphatic heterocycles. The molecule has 1 heterocycles. The minimum Gasteiger partial charge on any atom is -0.477 e. The van der Waals surface area contributed by atoms with Crippen LogP contribution in [-0.4, -0.2) is 35.5 Å². The van der Waals surface area contributed by atoms with E-state index in [1.54, 1.807) is 31.1 Å². The second kappa shape index (κ2) is 6.42. The van der Waals surface area contributed by atoms with Gasteiger partial charge in [-0.2, -0.15) is 0 Å². The van der Waals surface area contributed by atoms with Gasteiger partial charge in [0.15, 0.2) is 0 Å². The van der Waals surface area contributed by atoms with E-state index in [0.29, 0.717) is 0 Å². The van der Waals surface area contributed by atoms with Gasteiger partial charge in [-0.15, -0.1) is 11.8 Å². The molecule has 0 saturated carbocycles. The maximum atomic E-state index is 10.5. The Morgan fingerprint density at radius 3 is 2.93 bits per heavy atom. The van der Waals surface area contributed by atoms with Crippen LogP contribution in [0.25, 0.3) is 0 Å². The fraction of sp³-hybridized carbons (Fsp3) is 0.400. The van der Waals surface area contributed by atoms with Crippen molar-refractivity contribution in [3.63, 3.8) is 0 Å². The summed E-state index contributed by atoms with van der Waals surface area (Å²) in [7, 11) is 1.67. The largest absolute Gasteiger partial charge is 0.477 e. The zero-order valence-electron chi connectivity index (χ0n) is 8.47. The highest BCUT2D eigenvalue weighted by Crippen LogP contribution is 2.17. The van der Waals surface area contributed by atoms with Gasteiger partial charge in [0.25, 0.3) is 0 Å². The first-order valence-electron chi connectivity index (χ1n) is 4.55. The molecular weight excluding hydrogens is 214 g/mol. The molecule has 0 radical (unpaired) electrons. The molecule has 4 nitrogen and oxygen atoms in total. The molecule has 0 aliphatic rings. The lowest BCUT2D eigenvalue weighted by molar-refractivity contribution is 0.0690. The van der Waals surface area contributed by atoms with E-state index in [-0.39, 0.29) is 5.69 Å². The van der Waals surface area contributed by atoms with E-state index in [4.69, 9.17) is 9.84 Å². The van der Waals surface area contributed by atoms with Crippen LogP contribution in [-0.2, 0) is 4.74 Å². The Hall–Kier alpha value is -1.07. The molecule has 5 heteroatoms. The first-order chi connectivity index (χ1) is 7.24. The molecule has 0 aromatic carbocycles. The molecule has 15 heavy (non-hydrogen) atoms. The number of carboxylic acids is 1. The quantitative estimate of drug-likeness (QED) is 0.594. The van der Waals surface area contributed by atoms with Crippen LogP contribution in [0.2, 0.25) is 0 Å². The fourth-order valence-electron chi connectivity index (χ4n) is 0.985. The molecule has 0 spiro atoms. The second-order valence-corrected chi connectivity index (χ2v) is 4.05. The third kappa shape index (κ3) is 4.31. The van der Waals surface area contributed by atoms with E-state index < -0.39 is 5.97 Å². The maximum Gasteiger partial charge on any atom is 0.354 e. The molecule has 0 unspecified atom stereocenters. The van der Waals surface area contributed by atoms with Gasteiger partial charge in [0.1, 0.15) is 5.69 Å². The number of pyridine rings is 1. The number of hydrogen-bond acceptors (Lipinski definition) is 4. The van der Waals surface area contributed by atoms with Crippen LogP contribution in [0.5, 0.6) is 0 Å². The van der Waals surface area contributed by atoms with Gasteiger partial charge in [-0.25, -0.2) is 9.78 Å². The van der Waals surface area contributed by atoms with E-state index in [1.807, 2.05) is 0 Å². The highest BCUT2D eigenvalue weighted by molar-refractivity contribution is 7.99. The van der Waals surface area contributed by atoms with E-state index in [9.17, 15) is 4.79 Å². The Bertz CT molecular complexity index is 313. The van der Waals surface area contributed by atoms with Crippen molar-refractivity contribution in [3.8, 4) is 0 Å². The summed E-state index contributed by atoms with van der Waals surface area (Å²) in [6, 6.07) is 3.29. The molecule has 0 aliphatic carbocycles. The van der Waals surface area contributed by atoms with Gasteiger partial charge in [-0.3, -0.25) is 0 Å². The van der Waals surface area contributed by atoms with E-state index >= 15 is 0 Å². The summed E-state index contributed by atoms with van der Waals surface area (Å²) in [4.78, 5) is 15.3. The van der Waals surface area contributed by atoms with E-state index in [2.05, 4.69) is 4.98 Å². The minimum atomic E-state index is -0.995. The number of hydrogen-bond donors (Lipinski definition) is 1. The maximum absolute atomic E-state index is 10.5. The highest BCUT2D eigenvalue weighted by atomic mass is 32.2. The Balaban J connectivity index is 2.39. The highest BCUT2D eigenvalue weighted by Gasteiger charge is 2.03. The standard InChI is InChI=1S/C10H13NO3S/c1-14-5-2-6-15-8-3-4-9(10(12)13)11-7-8/h3-4,7H,2,5-6H2,1H3,(H,12,13). The summed E-state index contributed by atoms with van der Waals surface area (Å²) >= 11 is 1.65. The number of ether oxygens (including phenoxy) is 1. The molecule has 1 N–H and O–H groups in total. The summed E-state index contributed by atoms with van der Waals surface area (Å²) < 4.78 is 4.92. The van der Waals surface area contributed by atoms with Gasteiger partial charge < -0.3 is 9.84 Å². The number of carbonyl (C=O) groups is 1. The molecule has 0 fully saturated rings. The number of methoxy groups -OCH3 is 1. The third-order valence-corrected chi connectivity index (χ3v) is 2.78. The minimum absolute atomic E-state index is 0.0799. The van der Waals surface area contributed by atoms with Gasteiger partial charge in [-0.1, -0.05) is 0 Å². The lowest BCUT2D eigenvalue weighted by Gasteiger charge is -2.01. The summed E-state index contributed by atoms with van der Waals surface area (Å²) in [6.45, 7) is 0.744. The van der Waals surface area contributed by atoms with Gasteiger partial charge in [0, 0.05) is 30.6 Å². The predicted octanol–water partition coefficient (Wildman–Crippen LogP) is 1.91. The second-order valence-electron chi connectivity index (χ2n) is 2.88. The topological polar surface area (TPSA) is 59.4 Å². The van der Waals surface area contributed by atoms with Crippen molar-refractivity contribution in [3.05, 3.63) is 24.0 Å².